The number of ether oxygens (including phenoxy) is 1. The van der Waals surface area contributed by atoms with Gasteiger partial charge in [0, 0.05) is 30.3 Å². The van der Waals surface area contributed by atoms with Gasteiger partial charge in [0.1, 0.15) is 23.1 Å². The number of hydrogen-bond donors (Lipinski definition) is 4. The molecule has 1 aliphatic carbocycles. The van der Waals surface area contributed by atoms with E-state index in [9.17, 15) is 4.79 Å². The van der Waals surface area contributed by atoms with Crippen molar-refractivity contribution in [2.75, 3.05) is 22.6 Å². The van der Waals surface area contributed by atoms with Gasteiger partial charge in [0.15, 0.2) is 5.65 Å². The van der Waals surface area contributed by atoms with Crippen LogP contribution in [0, 0.1) is 6.92 Å². The summed E-state index contributed by atoms with van der Waals surface area (Å²) in [6.45, 7) is 6.07. The van der Waals surface area contributed by atoms with Crippen LogP contribution in [0.15, 0.2) is 30.5 Å². The number of aromatic nitrogens is 3. The van der Waals surface area contributed by atoms with Crippen molar-refractivity contribution >= 4 is 34.6 Å². The number of nitrogens with one attached hydrogen (secondary N) is 3. The average Bonchev–Trinajstić information content (AvgIpc) is 3.15. The summed E-state index contributed by atoms with van der Waals surface area (Å²) in [5.41, 5.74) is 9.06. The SMILES string of the molecule is CCOc1ccc(Nc2c(C)c(NC3CCC(N)CC3)nc3c(NC(C)=O)cnn23)cc1. The zero-order chi connectivity index (χ0) is 22.7. The zero-order valence-corrected chi connectivity index (χ0v) is 18.8. The second-order valence-electron chi connectivity index (χ2n) is 8.25. The lowest BCUT2D eigenvalue weighted by Crippen LogP contribution is -2.33. The van der Waals surface area contributed by atoms with Gasteiger partial charge in [-0.1, -0.05) is 0 Å². The van der Waals surface area contributed by atoms with Crippen LogP contribution in [0.25, 0.3) is 5.65 Å². The van der Waals surface area contributed by atoms with Crippen LogP contribution < -0.4 is 26.4 Å². The van der Waals surface area contributed by atoms with Gasteiger partial charge in [-0.2, -0.15) is 9.61 Å². The Morgan fingerprint density at radius 1 is 1.22 bits per heavy atom. The smallest absolute Gasteiger partial charge is 0.221 e. The van der Waals surface area contributed by atoms with Crippen LogP contribution in [0.2, 0.25) is 0 Å². The number of amides is 1. The van der Waals surface area contributed by atoms with Crippen LogP contribution >= 0.6 is 0 Å². The quantitative estimate of drug-likeness (QED) is 0.444. The van der Waals surface area contributed by atoms with Crippen LogP contribution in [-0.2, 0) is 4.79 Å². The Kier molecular flexibility index (Phi) is 6.45. The van der Waals surface area contributed by atoms with Gasteiger partial charge >= 0.3 is 0 Å². The number of carbonyl (C=O) groups excluding carboxylic acids is 1. The maximum absolute atomic E-state index is 11.7. The second kappa shape index (κ2) is 9.44. The van der Waals surface area contributed by atoms with Gasteiger partial charge in [-0.25, -0.2) is 4.98 Å². The molecule has 170 valence electrons. The number of nitrogens with two attached hydrogens (primary N) is 1. The minimum Gasteiger partial charge on any atom is -0.494 e. The molecule has 0 saturated heterocycles. The van der Waals surface area contributed by atoms with Crippen molar-refractivity contribution < 1.29 is 9.53 Å². The van der Waals surface area contributed by atoms with Gasteiger partial charge in [0.2, 0.25) is 5.91 Å². The highest BCUT2D eigenvalue weighted by molar-refractivity contribution is 5.93. The van der Waals surface area contributed by atoms with Gasteiger partial charge in [0.25, 0.3) is 0 Å². The van der Waals surface area contributed by atoms with E-state index in [-0.39, 0.29) is 11.9 Å². The Bertz CT molecular complexity index is 1090. The number of anilines is 4. The molecular formula is C23H31N7O2. The molecule has 0 radical (unpaired) electrons. The molecule has 2 aromatic heterocycles. The number of rotatable bonds is 7. The highest BCUT2D eigenvalue weighted by Crippen LogP contribution is 2.31. The molecular weight excluding hydrogens is 406 g/mol. The Hall–Kier alpha value is -3.33. The fourth-order valence-electron chi connectivity index (χ4n) is 4.03. The van der Waals surface area contributed by atoms with E-state index < -0.39 is 0 Å². The molecule has 32 heavy (non-hydrogen) atoms. The summed E-state index contributed by atoms with van der Waals surface area (Å²) in [7, 11) is 0. The van der Waals surface area contributed by atoms with E-state index >= 15 is 0 Å². The normalized spacial score (nSPS) is 18.4. The van der Waals surface area contributed by atoms with Gasteiger partial charge in [-0.15, -0.1) is 0 Å². The molecule has 4 rings (SSSR count). The van der Waals surface area contributed by atoms with Crippen LogP contribution in [0.1, 0.15) is 45.1 Å². The maximum atomic E-state index is 11.7. The van der Waals surface area contributed by atoms with Crippen molar-refractivity contribution in [3.8, 4) is 5.75 Å². The molecule has 1 fully saturated rings. The number of fused-ring (bicyclic) bond motifs is 1. The van der Waals surface area contributed by atoms with E-state index in [2.05, 4.69) is 21.0 Å². The summed E-state index contributed by atoms with van der Waals surface area (Å²) >= 11 is 0. The molecule has 1 aliphatic rings. The lowest BCUT2D eigenvalue weighted by molar-refractivity contribution is -0.114. The molecule has 5 N–H and O–H groups in total. The molecule has 3 aromatic rings. The van der Waals surface area contributed by atoms with Crippen molar-refractivity contribution in [3.05, 3.63) is 36.0 Å². The molecule has 2 heterocycles. The van der Waals surface area contributed by atoms with Crippen molar-refractivity contribution in [1.29, 1.82) is 0 Å². The largest absolute Gasteiger partial charge is 0.494 e. The molecule has 9 heteroatoms. The Morgan fingerprint density at radius 2 is 1.94 bits per heavy atom. The maximum Gasteiger partial charge on any atom is 0.221 e. The first-order valence-electron chi connectivity index (χ1n) is 11.1. The first-order valence-corrected chi connectivity index (χ1v) is 11.1. The van der Waals surface area contributed by atoms with Gasteiger partial charge < -0.3 is 26.4 Å². The van der Waals surface area contributed by atoms with Crippen LogP contribution in [0.5, 0.6) is 5.75 Å². The monoisotopic (exact) mass is 437 g/mol. The fourth-order valence-corrected chi connectivity index (χ4v) is 4.03. The third kappa shape index (κ3) is 4.77. The number of benzene rings is 1. The van der Waals surface area contributed by atoms with Crippen LogP contribution in [0.4, 0.5) is 23.0 Å². The van der Waals surface area contributed by atoms with E-state index in [1.54, 1.807) is 10.7 Å². The molecule has 1 aromatic carbocycles. The van der Waals surface area contributed by atoms with Crippen molar-refractivity contribution in [1.82, 2.24) is 14.6 Å². The lowest BCUT2D eigenvalue weighted by atomic mass is 9.92. The highest BCUT2D eigenvalue weighted by atomic mass is 16.5. The predicted octanol–water partition coefficient (Wildman–Crippen LogP) is 3.82. The van der Waals surface area contributed by atoms with Gasteiger partial charge in [-0.05, 0) is 63.8 Å². The van der Waals surface area contributed by atoms with Crippen molar-refractivity contribution in [2.45, 2.75) is 58.5 Å². The van der Waals surface area contributed by atoms with E-state index in [0.29, 0.717) is 24.0 Å². The third-order valence-corrected chi connectivity index (χ3v) is 5.74. The van der Waals surface area contributed by atoms with E-state index in [1.165, 1.54) is 6.92 Å². The number of carbonyl (C=O) groups is 1. The summed E-state index contributed by atoms with van der Waals surface area (Å²) in [5, 5.41) is 14.4. The van der Waals surface area contributed by atoms with E-state index in [0.717, 1.165) is 54.3 Å². The highest BCUT2D eigenvalue weighted by Gasteiger charge is 2.22. The lowest BCUT2D eigenvalue weighted by Gasteiger charge is -2.28. The predicted molar refractivity (Wildman–Crippen MR) is 127 cm³/mol. The topological polar surface area (TPSA) is 119 Å². The Morgan fingerprint density at radius 3 is 2.59 bits per heavy atom. The van der Waals surface area contributed by atoms with Crippen molar-refractivity contribution in [2.24, 2.45) is 5.73 Å². The summed E-state index contributed by atoms with van der Waals surface area (Å²) in [6.07, 6.45) is 5.63. The molecule has 1 amide bonds. The summed E-state index contributed by atoms with van der Waals surface area (Å²) in [5.74, 6) is 2.21. The molecule has 9 nitrogen and oxygen atoms in total. The van der Waals surface area contributed by atoms with Crippen molar-refractivity contribution in [3.63, 3.8) is 0 Å². The third-order valence-electron chi connectivity index (χ3n) is 5.74. The second-order valence-corrected chi connectivity index (χ2v) is 8.25. The zero-order valence-electron chi connectivity index (χ0n) is 18.8. The molecule has 1 saturated carbocycles. The van der Waals surface area contributed by atoms with Crippen LogP contribution in [-0.4, -0.2) is 39.2 Å². The fraction of sp³-hybridized carbons (Fsp3) is 0.435. The minimum absolute atomic E-state index is 0.168. The number of nitrogens with zero attached hydrogens (tertiary/aromatic N) is 3. The van der Waals surface area contributed by atoms with Gasteiger partial charge in [0.05, 0.1) is 12.8 Å². The first kappa shape index (κ1) is 21.9. The first-order chi connectivity index (χ1) is 15.4. The number of hydrogen-bond acceptors (Lipinski definition) is 7. The Labute approximate surface area is 187 Å². The molecule has 0 spiro atoms. The van der Waals surface area contributed by atoms with E-state index in [1.807, 2.05) is 38.1 Å². The molecule has 0 unspecified atom stereocenters. The summed E-state index contributed by atoms with van der Waals surface area (Å²) in [4.78, 5) is 16.5. The molecule has 0 bridgehead atoms. The minimum atomic E-state index is -0.168. The van der Waals surface area contributed by atoms with E-state index in [4.69, 9.17) is 15.5 Å². The Balaban J connectivity index is 1.71. The molecule has 0 aliphatic heterocycles. The standard InChI is InChI=1S/C23H31N7O2/c1-4-32-19-11-9-18(10-12-19)28-22-14(2)21(27-17-7-5-16(24)6-8-17)29-23-20(26-15(3)31)13-25-30(22)23/h9-13,16-17,28H,4-8,24H2,1-3H3,(H,26,31)(H,27,29). The molecule has 0 atom stereocenters. The summed E-state index contributed by atoms with van der Waals surface area (Å²) < 4.78 is 7.26. The summed E-state index contributed by atoms with van der Waals surface area (Å²) in [6, 6.07) is 8.37. The van der Waals surface area contributed by atoms with Gasteiger partial charge in [-0.3, -0.25) is 4.79 Å². The average molecular weight is 438 g/mol. The van der Waals surface area contributed by atoms with Crippen LogP contribution in [0.3, 0.4) is 0 Å².